The molecular weight excluding hydrogens is 258 g/mol. The molecule has 1 aromatic rings. The van der Waals surface area contributed by atoms with E-state index < -0.39 is 0 Å². The van der Waals surface area contributed by atoms with Crippen LogP contribution in [0.25, 0.3) is 0 Å². The van der Waals surface area contributed by atoms with Crippen molar-refractivity contribution in [3.8, 4) is 0 Å². The first-order valence-corrected chi connectivity index (χ1v) is 6.78. The number of anilines is 2. The van der Waals surface area contributed by atoms with Gasteiger partial charge in [0.1, 0.15) is 6.54 Å². The Morgan fingerprint density at radius 1 is 1.60 bits per heavy atom. The molecule has 0 radical (unpaired) electrons. The van der Waals surface area contributed by atoms with E-state index >= 15 is 0 Å². The van der Waals surface area contributed by atoms with Crippen molar-refractivity contribution < 1.29 is 14.3 Å². The lowest BCUT2D eigenvalue weighted by atomic mass is 10.0. The van der Waals surface area contributed by atoms with Crippen molar-refractivity contribution in [1.82, 2.24) is 4.98 Å². The molecule has 0 aliphatic carbocycles. The molecular formula is C14H17N3O3. The first-order valence-electron chi connectivity index (χ1n) is 6.78. The average molecular weight is 275 g/mol. The maximum atomic E-state index is 12.4. The van der Waals surface area contributed by atoms with E-state index in [0.717, 1.165) is 12.0 Å². The molecule has 106 valence electrons. The molecule has 6 nitrogen and oxygen atoms in total. The molecule has 20 heavy (non-hydrogen) atoms. The Bertz CT molecular complexity index is 553. The van der Waals surface area contributed by atoms with Gasteiger partial charge in [-0.3, -0.25) is 14.5 Å². The van der Waals surface area contributed by atoms with E-state index in [1.807, 2.05) is 13.0 Å². The summed E-state index contributed by atoms with van der Waals surface area (Å²) in [6.07, 6.45) is 3.01. The van der Waals surface area contributed by atoms with Crippen LogP contribution >= 0.6 is 0 Å². The van der Waals surface area contributed by atoms with Gasteiger partial charge >= 0.3 is 0 Å². The van der Waals surface area contributed by atoms with Crippen LogP contribution in [0, 0.1) is 12.8 Å². The molecule has 1 atom stereocenters. The highest BCUT2D eigenvalue weighted by Crippen LogP contribution is 2.29. The first kappa shape index (κ1) is 13.1. The van der Waals surface area contributed by atoms with Gasteiger partial charge < -0.3 is 10.1 Å². The van der Waals surface area contributed by atoms with E-state index in [1.165, 1.54) is 4.90 Å². The normalized spacial score (nSPS) is 21.6. The predicted octanol–water partition coefficient (Wildman–Crippen LogP) is 1.10. The molecule has 0 spiro atoms. The second kappa shape index (κ2) is 5.20. The summed E-state index contributed by atoms with van der Waals surface area (Å²) < 4.78 is 5.29. The highest BCUT2D eigenvalue weighted by atomic mass is 16.5. The lowest BCUT2D eigenvalue weighted by Gasteiger charge is -2.28. The van der Waals surface area contributed by atoms with Crippen LogP contribution in [0.3, 0.4) is 0 Å². The van der Waals surface area contributed by atoms with Gasteiger partial charge in [0.05, 0.1) is 5.69 Å². The fourth-order valence-corrected chi connectivity index (χ4v) is 2.59. The average Bonchev–Trinajstić information content (AvgIpc) is 2.90. The first-order chi connectivity index (χ1) is 9.63. The molecule has 1 saturated heterocycles. The summed E-state index contributed by atoms with van der Waals surface area (Å²) in [5.74, 6) is 0.550. The fourth-order valence-electron chi connectivity index (χ4n) is 2.59. The minimum absolute atomic E-state index is 0.0372. The van der Waals surface area contributed by atoms with Crippen LogP contribution in [0.5, 0.6) is 0 Å². The van der Waals surface area contributed by atoms with E-state index in [1.54, 1.807) is 6.20 Å². The van der Waals surface area contributed by atoms with Gasteiger partial charge in [-0.2, -0.15) is 0 Å². The van der Waals surface area contributed by atoms with Crippen molar-refractivity contribution >= 4 is 23.3 Å². The van der Waals surface area contributed by atoms with Crippen molar-refractivity contribution in [3.63, 3.8) is 0 Å². The fraction of sp³-hybridized carbons (Fsp3) is 0.500. The molecule has 1 aromatic heterocycles. The largest absolute Gasteiger partial charge is 0.381 e. The number of ether oxygens (including phenoxy) is 1. The number of amides is 2. The van der Waals surface area contributed by atoms with Gasteiger partial charge in [0, 0.05) is 25.8 Å². The van der Waals surface area contributed by atoms with Gasteiger partial charge in [0.2, 0.25) is 11.8 Å². The van der Waals surface area contributed by atoms with E-state index in [0.29, 0.717) is 31.1 Å². The van der Waals surface area contributed by atoms with Crippen LogP contribution in [-0.4, -0.2) is 36.6 Å². The Hall–Kier alpha value is -1.95. The zero-order valence-corrected chi connectivity index (χ0v) is 11.4. The van der Waals surface area contributed by atoms with E-state index in [2.05, 4.69) is 10.3 Å². The SMILES string of the molecule is Cc1cnc2c(c1)NC(=O)CN2C(=O)CC1CCOC1. The standard InChI is InChI=1S/C14H17N3O3/c1-9-4-11-14(15-6-9)17(7-12(18)16-11)13(19)5-10-2-3-20-8-10/h4,6,10H,2-3,5,7-8H2,1H3,(H,16,18). The highest BCUT2D eigenvalue weighted by molar-refractivity contribution is 6.09. The van der Waals surface area contributed by atoms with Crippen molar-refractivity contribution in [2.24, 2.45) is 5.92 Å². The van der Waals surface area contributed by atoms with Gasteiger partial charge in [-0.15, -0.1) is 0 Å². The van der Waals surface area contributed by atoms with Crippen LogP contribution in [0.15, 0.2) is 12.3 Å². The zero-order chi connectivity index (χ0) is 14.1. The molecule has 1 unspecified atom stereocenters. The Balaban J connectivity index is 1.82. The number of nitrogens with one attached hydrogen (secondary N) is 1. The minimum atomic E-state index is -0.180. The van der Waals surface area contributed by atoms with Gasteiger partial charge in [-0.05, 0) is 30.9 Å². The number of hydrogen-bond acceptors (Lipinski definition) is 4. The highest BCUT2D eigenvalue weighted by Gasteiger charge is 2.30. The summed E-state index contributed by atoms with van der Waals surface area (Å²) in [6.45, 7) is 3.28. The van der Waals surface area contributed by atoms with Crippen molar-refractivity contribution in [3.05, 3.63) is 17.8 Å². The lowest BCUT2D eigenvalue weighted by molar-refractivity contribution is -0.122. The van der Waals surface area contributed by atoms with Crippen LogP contribution in [0.2, 0.25) is 0 Å². The van der Waals surface area contributed by atoms with E-state index in [-0.39, 0.29) is 24.3 Å². The minimum Gasteiger partial charge on any atom is -0.381 e. The number of pyridine rings is 1. The summed E-state index contributed by atoms with van der Waals surface area (Å²) in [4.78, 5) is 29.9. The van der Waals surface area contributed by atoms with Gasteiger partial charge in [-0.1, -0.05) is 0 Å². The molecule has 6 heteroatoms. The maximum Gasteiger partial charge on any atom is 0.244 e. The number of nitrogens with zero attached hydrogens (tertiary/aromatic N) is 2. The molecule has 2 aliphatic heterocycles. The van der Waals surface area contributed by atoms with Crippen molar-refractivity contribution in [2.45, 2.75) is 19.8 Å². The quantitative estimate of drug-likeness (QED) is 0.877. The third-order valence-corrected chi connectivity index (χ3v) is 3.62. The molecule has 1 N–H and O–H groups in total. The van der Waals surface area contributed by atoms with Crippen molar-refractivity contribution in [2.75, 3.05) is 30.0 Å². The Morgan fingerprint density at radius 3 is 3.20 bits per heavy atom. The summed E-state index contributed by atoms with van der Waals surface area (Å²) in [7, 11) is 0. The summed E-state index contributed by atoms with van der Waals surface area (Å²) >= 11 is 0. The van der Waals surface area contributed by atoms with E-state index in [4.69, 9.17) is 4.74 Å². The number of hydrogen-bond donors (Lipinski definition) is 1. The number of aryl methyl sites for hydroxylation is 1. The smallest absolute Gasteiger partial charge is 0.244 e. The summed E-state index contributed by atoms with van der Waals surface area (Å²) in [5.41, 5.74) is 1.56. The number of carbonyl (C=O) groups excluding carboxylic acids is 2. The Kier molecular flexibility index (Phi) is 3.40. The maximum absolute atomic E-state index is 12.4. The summed E-state index contributed by atoms with van der Waals surface area (Å²) in [5, 5.41) is 2.76. The van der Waals surface area contributed by atoms with Crippen LogP contribution in [0.4, 0.5) is 11.5 Å². The zero-order valence-electron chi connectivity index (χ0n) is 11.4. The molecule has 1 fully saturated rings. The van der Waals surface area contributed by atoms with Crippen LogP contribution in [-0.2, 0) is 14.3 Å². The Labute approximate surface area is 117 Å². The lowest BCUT2D eigenvalue weighted by Crippen LogP contribution is -2.43. The molecule has 3 rings (SSSR count). The third kappa shape index (κ3) is 2.51. The molecule has 0 bridgehead atoms. The molecule has 2 amide bonds. The van der Waals surface area contributed by atoms with Crippen LogP contribution in [0.1, 0.15) is 18.4 Å². The predicted molar refractivity (Wildman–Crippen MR) is 73.5 cm³/mol. The molecule has 3 heterocycles. The van der Waals surface area contributed by atoms with Gasteiger partial charge in [0.25, 0.3) is 0 Å². The van der Waals surface area contributed by atoms with E-state index in [9.17, 15) is 9.59 Å². The topological polar surface area (TPSA) is 71.5 Å². The second-order valence-corrected chi connectivity index (χ2v) is 5.35. The second-order valence-electron chi connectivity index (χ2n) is 5.35. The van der Waals surface area contributed by atoms with Crippen LogP contribution < -0.4 is 10.2 Å². The number of carbonyl (C=O) groups is 2. The third-order valence-electron chi connectivity index (χ3n) is 3.62. The number of rotatable bonds is 2. The van der Waals surface area contributed by atoms with Gasteiger partial charge in [-0.25, -0.2) is 4.98 Å². The summed E-state index contributed by atoms with van der Waals surface area (Å²) in [6, 6.07) is 1.83. The monoisotopic (exact) mass is 275 g/mol. The van der Waals surface area contributed by atoms with Crippen molar-refractivity contribution in [1.29, 1.82) is 0 Å². The molecule has 0 aromatic carbocycles. The molecule has 2 aliphatic rings. The number of aromatic nitrogens is 1. The van der Waals surface area contributed by atoms with Gasteiger partial charge in [0.15, 0.2) is 5.82 Å². The molecule has 0 saturated carbocycles. The Morgan fingerprint density at radius 2 is 2.45 bits per heavy atom. The number of fused-ring (bicyclic) bond motifs is 1.